The largest absolute Gasteiger partial charge is 0.480 e. The molecule has 2 aromatic rings. The van der Waals surface area contributed by atoms with Gasteiger partial charge in [0.05, 0.1) is 99.6 Å². The molecule has 736 valence electrons. The van der Waals surface area contributed by atoms with E-state index in [2.05, 4.69) is 21.3 Å². The summed E-state index contributed by atoms with van der Waals surface area (Å²) in [5.41, 5.74) is 6.87. The van der Waals surface area contributed by atoms with Gasteiger partial charge in [0.25, 0.3) is 0 Å². The average Bonchev–Trinajstić information content (AvgIpc) is 1.67. The topological polar surface area (TPSA) is 392 Å². The zero-order valence-corrected chi connectivity index (χ0v) is 83.8. The van der Waals surface area contributed by atoms with E-state index in [0.29, 0.717) is 77.8 Å². The Hall–Kier alpha value is -8.40. The molecular formula is C97H167N11O21. The summed E-state index contributed by atoms with van der Waals surface area (Å²) in [6.07, 6.45) is 2.79. The molecule has 18 atom stereocenters. The first kappa shape index (κ1) is 117. The molecule has 2 aromatic carbocycles. The van der Waals surface area contributed by atoms with Gasteiger partial charge in [-0.05, 0) is 141 Å². The van der Waals surface area contributed by atoms with E-state index in [4.69, 9.17) is 48.7 Å². The van der Waals surface area contributed by atoms with Crippen molar-refractivity contribution in [3.8, 4) is 0 Å². The summed E-state index contributed by atoms with van der Waals surface area (Å²) in [6, 6.07) is 13.8. The highest BCUT2D eigenvalue weighted by Crippen LogP contribution is 2.34. The number of carbonyl (C=O) groups is 12. The van der Waals surface area contributed by atoms with Crippen LogP contribution in [0.5, 0.6) is 0 Å². The van der Waals surface area contributed by atoms with Crippen LogP contribution < -0.4 is 27.0 Å². The number of hydrogen-bond acceptors (Lipinski definition) is 23. The third kappa shape index (κ3) is 38.4. The lowest BCUT2D eigenvalue weighted by Crippen LogP contribution is -2.56. The third-order valence-corrected chi connectivity index (χ3v) is 24.7. The molecular weight excluding hydrogens is 1660 g/mol. The number of Topliss-reactive ketones (excluding diaryl/α,β-unsaturated/α-hetero) is 1. The highest BCUT2D eigenvalue weighted by atomic mass is 16.6. The molecule has 32 heteroatoms. The zero-order valence-electron chi connectivity index (χ0n) is 83.8. The second kappa shape index (κ2) is 57.8. The Balaban J connectivity index is 0.000000746. The molecule has 4 rings (SSSR count). The van der Waals surface area contributed by atoms with Crippen LogP contribution in [0.2, 0.25) is 0 Å². The standard InChI is InChI=1S/C49H83N5O10.C34H56N4O7.C14H28N2O4/c1-16-33(6)43(53(12)46(58)36(31(2)3)29-39(55)42(32(4)5)52(11)26-21-25-50-48(60)64-49(8,9)10)40(61-13)30-41(56)54-27-20-24-38(54)44(62-14)34(7)45(57)51-37(47(59)63-15)28-35-22-18-17-19-23-35;1-10-22(4)30(37(6)33(41)29(35)21(2)3)27(43-7)20-28(39)38-18-14-17-26(38)31(44-8)23(5)32(40)36-25(34(42)45-9)19-24-15-12-11-13-16-24;1-10(2)11(12(17)18)16(6)9-7-8-15-13(19)20-14(3,4)5/h17-19,22-23,31-34,36-38,40,42-44H,16,20-21,24-30H2,1-15H3,(H,50,60)(H,51,57);11-13,15-16,21-23,25-27,29-31H,10,14,17-20,35H2,1-9H3,(H,36,40);10-11H,7-9H2,1-6H3,(H,15,19)(H,17,18)/t33-,34+,36-,37-,38-,40+,42-,43-,44+;22-,23+,25-,26-,27+,29-,30-,31+;11-/m000/s1. The molecule has 8 amide bonds. The number of likely N-dealkylation sites (tertiary alicyclic amines) is 2. The molecule has 0 aromatic heterocycles. The van der Waals surface area contributed by atoms with Crippen LogP contribution in [-0.2, 0) is 98.7 Å². The van der Waals surface area contributed by atoms with Crippen LogP contribution in [0.3, 0.4) is 0 Å². The number of aliphatic carboxylic acids is 1. The van der Waals surface area contributed by atoms with Gasteiger partial charge >= 0.3 is 30.1 Å². The van der Waals surface area contributed by atoms with E-state index in [1.807, 2.05) is 176 Å². The number of nitrogens with two attached hydrogens (primary N) is 1. The Labute approximate surface area is 771 Å². The number of carboxylic acid groups (broad SMARTS) is 1. The van der Waals surface area contributed by atoms with Crippen LogP contribution in [0, 0.1) is 53.3 Å². The number of carbonyl (C=O) groups excluding carboxylic acids is 11. The average molecular weight is 1820 g/mol. The van der Waals surface area contributed by atoms with Crippen molar-refractivity contribution < 1.29 is 101 Å². The minimum Gasteiger partial charge on any atom is -0.480 e. The van der Waals surface area contributed by atoms with Gasteiger partial charge in [-0.3, -0.25) is 48.2 Å². The van der Waals surface area contributed by atoms with Crippen molar-refractivity contribution in [1.82, 2.24) is 50.7 Å². The summed E-state index contributed by atoms with van der Waals surface area (Å²) in [5, 5.41) is 20.3. The highest BCUT2D eigenvalue weighted by Gasteiger charge is 2.47. The number of carboxylic acids is 1. The number of rotatable bonds is 50. The summed E-state index contributed by atoms with van der Waals surface area (Å²) < 4.78 is 44.2. The molecule has 2 aliphatic heterocycles. The number of esters is 2. The molecule has 2 heterocycles. The fourth-order valence-electron chi connectivity index (χ4n) is 17.4. The van der Waals surface area contributed by atoms with Crippen molar-refractivity contribution in [2.24, 2.45) is 59.0 Å². The molecule has 7 N–H and O–H groups in total. The summed E-state index contributed by atoms with van der Waals surface area (Å²) in [6.45, 7) is 41.0. The van der Waals surface area contributed by atoms with Gasteiger partial charge in [-0.2, -0.15) is 0 Å². The first-order chi connectivity index (χ1) is 60.4. The first-order valence-corrected chi connectivity index (χ1v) is 46.3. The molecule has 32 nitrogen and oxygen atoms in total. The van der Waals surface area contributed by atoms with Crippen molar-refractivity contribution in [3.63, 3.8) is 0 Å². The number of ketones is 1. The second-order valence-corrected chi connectivity index (χ2v) is 38.3. The van der Waals surface area contributed by atoms with Gasteiger partial charge in [-0.15, -0.1) is 0 Å². The predicted molar refractivity (Wildman–Crippen MR) is 499 cm³/mol. The lowest BCUT2D eigenvalue weighted by atomic mass is 9.83. The molecule has 129 heavy (non-hydrogen) atoms. The maximum absolute atomic E-state index is 14.6. The van der Waals surface area contributed by atoms with Crippen molar-refractivity contribution in [2.75, 3.05) is 110 Å². The lowest BCUT2D eigenvalue weighted by molar-refractivity contribution is -0.150. The fourth-order valence-corrected chi connectivity index (χ4v) is 17.4. The maximum Gasteiger partial charge on any atom is 0.407 e. The van der Waals surface area contributed by atoms with E-state index in [9.17, 15) is 57.5 Å². The van der Waals surface area contributed by atoms with Gasteiger partial charge in [0.15, 0.2) is 5.78 Å². The van der Waals surface area contributed by atoms with E-state index in [0.717, 1.165) is 24.0 Å². The number of ether oxygens (including phenoxy) is 8. The number of hydrogen-bond donors (Lipinski definition) is 6. The Morgan fingerprint density at radius 3 is 1.15 bits per heavy atom. The molecule has 0 bridgehead atoms. The van der Waals surface area contributed by atoms with Gasteiger partial charge in [0.1, 0.15) is 29.3 Å². The molecule has 0 radical (unpaired) electrons. The van der Waals surface area contributed by atoms with Gasteiger partial charge in [-0.25, -0.2) is 19.2 Å². The Bertz CT molecular complexity index is 3730. The number of nitrogens with zero attached hydrogens (tertiary/aromatic N) is 6. The molecule has 0 unspecified atom stereocenters. The predicted octanol–water partition coefficient (Wildman–Crippen LogP) is 10.6. The van der Waals surface area contributed by atoms with Crippen LogP contribution >= 0.6 is 0 Å². The quantitative estimate of drug-likeness (QED) is 0.0204. The Morgan fingerprint density at radius 2 is 0.845 bits per heavy atom. The summed E-state index contributed by atoms with van der Waals surface area (Å²) in [7, 11) is 15.9. The van der Waals surface area contributed by atoms with Crippen LogP contribution in [0.1, 0.15) is 220 Å². The van der Waals surface area contributed by atoms with Gasteiger partial charge < -0.3 is 89.6 Å². The number of nitrogens with one attached hydrogen (secondary N) is 4. The Morgan fingerprint density at radius 1 is 0.488 bits per heavy atom. The first-order valence-electron chi connectivity index (χ1n) is 46.3. The number of methoxy groups -OCH3 is 6. The van der Waals surface area contributed by atoms with Crippen LogP contribution in [0.4, 0.5) is 9.59 Å². The van der Waals surface area contributed by atoms with Gasteiger partial charge in [-0.1, -0.05) is 170 Å². The summed E-state index contributed by atoms with van der Waals surface area (Å²) in [4.78, 5) is 168. The fraction of sp³-hybridized carbons (Fsp3) is 0.753. The number of benzene rings is 2. The molecule has 0 spiro atoms. The van der Waals surface area contributed by atoms with E-state index >= 15 is 0 Å². The number of alkyl carbamates (subject to hydrolysis) is 2. The Kier molecular flexibility index (Phi) is 52.3. The van der Waals surface area contributed by atoms with E-state index in [-0.39, 0.29) is 121 Å². The summed E-state index contributed by atoms with van der Waals surface area (Å²) in [5.74, 6) is -5.48. The normalized spacial score (nSPS) is 17.9. The minimum absolute atomic E-state index is 0.00753. The smallest absolute Gasteiger partial charge is 0.407 e. The van der Waals surface area contributed by atoms with Gasteiger partial charge in [0.2, 0.25) is 35.4 Å². The second-order valence-electron chi connectivity index (χ2n) is 38.3. The van der Waals surface area contributed by atoms with Crippen LogP contribution in [-0.4, -0.2) is 306 Å². The number of amides is 8. The SMILES string of the molecule is CC(C)[C@@H](C(=O)O)N(C)CCCNC(=O)OC(C)(C)C.CC[C@H](C)[C@@H]([C@@H](CC(=O)N1CCC[C@H]1[C@H](OC)[C@@H](C)C(=O)N[C@@H](Cc1ccccc1)C(=O)OC)OC)N(C)C(=O)[C@@H](CC(=O)[C@H](C(C)C)N(C)CCCNC(=O)OC(C)(C)C)C(C)C.CC[C@H](C)[C@@H]([C@@H](CC(=O)N1CCC[C@H]1[C@H](OC)[C@@H](C)C(=O)N[C@@H](Cc1ccccc1)C(=O)OC)OC)N(C)C(=O)[C@@H](N)C(C)C. The molecule has 0 saturated carbocycles. The van der Waals surface area contributed by atoms with Crippen molar-refractivity contribution in [2.45, 2.75) is 312 Å². The third-order valence-electron chi connectivity index (χ3n) is 24.7. The van der Waals surface area contributed by atoms with Crippen molar-refractivity contribution in [3.05, 3.63) is 71.8 Å². The molecule has 2 aliphatic rings. The van der Waals surface area contributed by atoms with Crippen LogP contribution in [0.15, 0.2) is 60.7 Å². The maximum atomic E-state index is 14.6. The molecule has 2 saturated heterocycles. The summed E-state index contributed by atoms with van der Waals surface area (Å²) >= 11 is 0. The lowest BCUT2D eigenvalue weighted by Gasteiger charge is -2.41. The van der Waals surface area contributed by atoms with E-state index < -0.39 is 126 Å². The minimum atomic E-state index is -0.904. The van der Waals surface area contributed by atoms with Crippen LogP contribution in [0.25, 0.3) is 0 Å². The van der Waals surface area contributed by atoms with Crippen molar-refractivity contribution >= 4 is 71.3 Å². The highest BCUT2D eigenvalue weighted by molar-refractivity contribution is 5.91. The van der Waals surface area contributed by atoms with Gasteiger partial charge in [0, 0.05) is 107 Å². The van der Waals surface area contributed by atoms with E-state index in [1.165, 1.54) is 28.4 Å². The van der Waals surface area contributed by atoms with Crippen molar-refractivity contribution in [1.29, 1.82) is 0 Å². The zero-order chi connectivity index (χ0) is 98.2. The molecule has 2 fully saturated rings. The number of likely N-dealkylation sites (N-methyl/N-ethyl adjacent to an activating group) is 4. The van der Waals surface area contributed by atoms with E-state index in [1.54, 1.807) is 94.5 Å². The molecule has 0 aliphatic carbocycles. The monoisotopic (exact) mass is 1820 g/mol.